The summed E-state index contributed by atoms with van der Waals surface area (Å²) in [6, 6.07) is 14.0. The maximum atomic E-state index is 12.5. The molecule has 0 unspecified atom stereocenters. The molecule has 4 rings (SSSR count). The fourth-order valence-electron chi connectivity index (χ4n) is 3.51. The Balaban J connectivity index is 1.41. The molecule has 0 spiro atoms. The Bertz CT molecular complexity index is 947. The number of aromatic amines is 1. The number of aromatic nitrogens is 2. The Kier molecular flexibility index (Phi) is 5.34. The van der Waals surface area contributed by atoms with Gasteiger partial charge in [-0.15, -0.1) is 11.3 Å². The molecule has 1 amide bonds. The van der Waals surface area contributed by atoms with Gasteiger partial charge in [-0.3, -0.25) is 9.89 Å². The van der Waals surface area contributed by atoms with Crippen LogP contribution in [0, 0.1) is 6.92 Å². The van der Waals surface area contributed by atoms with Crippen molar-refractivity contribution in [3.05, 3.63) is 52.2 Å². The summed E-state index contributed by atoms with van der Waals surface area (Å²) in [7, 11) is 1.66. The van der Waals surface area contributed by atoms with E-state index in [-0.39, 0.29) is 11.9 Å². The molecule has 0 aliphatic carbocycles. The van der Waals surface area contributed by atoms with Crippen LogP contribution >= 0.6 is 11.3 Å². The molecule has 0 saturated carbocycles. The van der Waals surface area contributed by atoms with E-state index in [0.717, 1.165) is 58.5 Å². The molecular weight excluding hydrogens is 372 g/mol. The van der Waals surface area contributed by atoms with Crippen molar-refractivity contribution in [2.45, 2.75) is 25.8 Å². The molecule has 1 aliphatic rings. The number of hydrogen-bond donors (Lipinski definition) is 2. The molecule has 0 radical (unpaired) electrons. The van der Waals surface area contributed by atoms with Crippen LogP contribution in [-0.2, 0) is 0 Å². The maximum Gasteiger partial charge on any atom is 0.261 e. The number of anilines is 1. The Morgan fingerprint density at radius 3 is 2.82 bits per heavy atom. The van der Waals surface area contributed by atoms with Gasteiger partial charge in [0, 0.05) is 30.1 Å². The van der Waals surface area contributed by atoms with E-state index in [1.807, 2.05) is 43.3 Å². The number of amides is 1. The van der Waals surface area contributed by atoms with Crippen molar-refractivity contribution in [3.63, 3.8) is 0 Å². The van der Waals surface area contributed by atoms with E-state index in [1.165, 1.54) is 11.3 Å². The fourth-order valence-corrected chi connectivity index (χ4v) is 4.28. The standard InChI is InChI=1S/C21H24N4O2S/c1-14-5-10-19(28-14)21(26)22-16-4-3-11-25(13-16)20-12-18(23-24-20)15-6-8-17(27-2)9-7-15/h5-10,12,16H,3-4,11,13H2,1-2H3,(H,22,26)(H,23,24)/t16-/m1/s1. The third-order valence-electron chi connectivity index (χ3n) is 5.01. The highest BCUT2D eigenvalue weighted by atomic mass is 32.1. The van der Waals surface area contributed by atoms with Gasteiger partial charge in [0.05, 0.1) is 17.7 Å². The number of benzene rings is 1. The Labute approximate surface area is 168 Å². The summed E-state index contributed by atoms with van der Waals surface area (Å²) < 4.78 is 5.21. The van der Waals surface area contributed by atoms with Crippen LogP contribution in [0.5, 0.6) is 5.75 Å². The number of H-pyrrole nitrogens is 1. The number of nitrogens with one attached hydrogen (secondary N) is 2. The van der Waals surface area contributed by atoms with E-state index in [1.54, 1.807) is 7.11 Å². The number of rotatable bonds is 5. The highest BCUT2D eigenvalue weighted by Gasteiger charge is 2.24. The molecule has 3 heterocycles. The lowest BCUT2D eigenvalue weighted by atomic mass is 10.1. The van der Waals surface area contributed by atoms with Crippen LogP contribution in [0.2, 0.25) is 0 Å². The number of aryl methyl sites for hydroxylation is 1. The molecule has 2 N–H and O–H groups in total. The van der Waals surface area contributed by atoms with E-state index in [0.29, 0.717) is 0 Å². The van der Waals surface area contributed by atoms with Gasteiger partial charge in [0.25, 0.3) is 5.91 Å². The van der Waals surface area contributed by atoms with Crippen LogP contribution in [0.15, 0.2) is 42.5 Å². The van der Waals surface area contributed by atoms with Crippen LogP contribution in [0.1, 0.15) is 27.4 Å². The smallest absolute Gasteiger partial charge is 0.261 e. The van der Waals surface area contributed by atoms with Gasteiger partial charge in [-0.05, 0) is 61.7 Å². The summed E-state index contributed by atoms with van der Waals surface area (Å²) in [6.07, 6.45) is 2.02. The zero-order valence-electron chi connectivity index (χ0n) is 16.1. The number of thiophene rings is 1. The SMILES string of the molecule is COc1ccc(-c2cc(N3CCC[C@@H](NC(=O)c4ccc(C)s4)C3)n[nH]2)cc1. The number of carbonyl (C=O) groups excluding carboxylic acids is 1. The van der Waals surface area contributed by atoms with Crippen LogP contribution in [0.25, 0.3) is 11.3 Å². The van der Waals surface area contributed by atoms with Gasteiger partial charge in [-0.1, -0.05) is 0 Å². The van der Waals surface area contributed by atoms with Crippen molar-refractivity contribution < 1.29 is 9.53 Å². The lowest BCUT2D eigenvalue weighted by molar-refractivity contribution is 0.0937. The number of hydrogen-bond acceptors (Lipinski definition) is 5. The molecule has 1 saturated heterocycles. The zero-order chi connectivity index (χ0) is 19.5. The molecular formula is C21H24N4O2S. The summed E-state index contributed by atoms with van der Waals surface area (Å²) >= 11 is 1.53. The largest absolute Gasteiger partial charge is 0.497 e. The molecule has 146 valence electrons. The van der Waals surface area contributed by atoms with E-state index < -0.39 is 0 Å². The highest BCUT2D eigenvalue weighted by Crippen LogP contribution is 2.26. The minimum absolute atomic E-state index is 0.0194. The molecule has 1 aromatic carbocycles. The van der Waals surface area contributed by atoms with Gasteiger partial charge < -0.3 is 15.0 Å². The van der Waals surface area contributed by atoms with Gasteiger partial charge in [-0.2, -0.15) is 5.10 Å². The molecule has 1 atom stereocenters. The van der Waals surface area contributed by atoms with Gasteiger partial charge in [0.15, 0.2) is 5.82 Å². The van der Waals surface area contributed by atoms with Crippen LogP contribution in [0.4, 0.5) is 5.82 Å². The number of piperidine rings is 1. The summed E-state index contributed by atoms with van der Waals surface area (Å²) in [5.41, 5.74) is 2.03. The van der Waals surface area contributed by atoms with E-state index >= 15 is 0 Å². The average molecular weight is 397 g/mol. The third kappa shape index (κ3) is 4.04. The first-order valence-electron chi connectivity index (χ1n) is 9.44. The van der Waals surface area contributed by atoms with Crippen molar-refractivity contribution in [1.29, 1.82) is 0 Å². The number of carbonyl (C=O) groups is 1. The van der Waals surface area contributed by atoms with Crippen LogP contribution < -0.4 is 15.0 Å². The molecule has 28 heavy (non-hydrogen) atoms. The summed E-state index contributed by atoms with van der Waals surface area (Å²) in [5, 5.41) is 10.8. The molecule has 3 aromatic rings. The van der Waals surface area contributed by atoms with Gasteiger partial charge in [-0.25, -0.2) is 0 Å². The molecule has 0 bridgehead atoms. The number of methoxy groups -OCH3 is 1. The minimum atomic E-state index is 0.0194. The Hall–Kier alpha value is -2.80. The minimum Gasteiger partial charge on any atom is -0.497 e. The zero-order valence-corrected chi connectivity index (χ0v) is 16.9. The monoisotopic (exact) mass is 396 g/mol. The molecule has 2 aromatic heterocycles. The summed E-state index contributed by atoms with van der Waals surface area (Å²) in [4.78, 5) is 16.6. The predicted octanol–water partition coefficient (Wildman–Crippen LogP) is 3.85. The van der Waals surface area contributed by atoms with Gasteiger partial charge >= 0.3 is 0 Å². The Morgan fingerprint density at radius 1 is 1.29 bits per heavy atom. The highest BCUT2D eigenvalue weighted by molar-refractivity contribution is 7.13. The van der Waals surface area contributed by atoms with Crippen molar-refractivity contribution in [1.82, 2.24) is 15.5 Å². The third-order valence-corrected chi connectivity index (χ3v) is 6.01. The first-order valence-corrected chi connectivity index (χ1v) is 10.3. The molecule has 1 fully saturated rings. The topological polar surface area (TPSA) is 70.2 Å². The lowest BCUT2D eigenvalue weighted by Crippen LogP contribution is -2.47. The van der Waals surface area contributed by atoms with Crippen molar-refractivity contribution in [2.24, 2.45) is 0 Å². The predicted molar refractivity (Wildman–Crippen MR) is 112 cm³/mol. The van der Waals surface area contributed by atoms with Gasteiger partial charge in [0.1, 0.15) is 5.75 Å². The lowest BCUT2D eigenvalue weighted by Gasteiger charge is -2.33. The van der Waals surface area contributed by atoms with Crippen molar-refractivity contribution in [3.8, 4) is 17.0 Å². The Morgan fingerprint density at radius 2 is 2.11 bits per heavy atom. The van der Waals surface area contributed by atoms with E-state index in [9.17, 15) is 4.79 Å². The van der Waals surface area contributed by atoms with E-state index in [2.05, 4.69) is 26.5 Å². The van der Waals surface area contributed by atoms with Gasteiger partial charge in [0.2, 0.25) is 0 Å². The molecule has 6 nitrogen and oxygen atoms in total. The second-order valence-electron chi connectivity index (χ2n) is 7.04. The first-order chi connectivity index (χ1) is 13.6. The molecule has 1 aliphatic heterocycles. The first kappa shape index (κ1) is 18.6. The molecule has 7 heteroatoms. The van der Waals surface area contributed by atoms with Crippen molar-refractivity contribution >= 4 is 23.1 Å². The fraction of sp³-hybridized carbons (Fsp3) is 0.333. The number of ether oxygens (including phenoxy) is 1. The van der Waals surface area contributed by atoms with Crippen LogP contribution in [-0.4, -0.2) is 42.3 Å². The van der Waals surface area contributed by atoms with Crippen LogP contribution in [0.3, 0.4) is 0 Å². The normalized spacial score (nSPS) is 16.8. The van der Waals surface area contributed by atoms with E-state index in [4.69, 9.17) is 4.74 Å². The maximum absolute atomic E-state index is 12.5. The second-order valence-corrected chi connectivity index (χ2v) is 8.33. The average Bonchev–Trinajstić information content (AvgIpc) is 3.38. The number of nitrogens with zero attached hydrogens (tertiary/aromatic N) is 2. The quantitative estimate of drug-likeness (QED) is 0.687. The van der Waals surface area contributed by atoms with Crippen molar-refractivity contribution in [2.75, 3.05) is 25.1 Å². The second kappa shape index (κ2) is 8.06. The summed E-state index contributed by atoms with van der Waals surface area (Å²) in [6.45, 7) is 3.72. The summed E-state index contributed by atoms with van der Waals surface area (Å²) in [5.74, 6) is 1.77.